The van der Waals surface area contributed by atoms with E-state index in [2.05, 4.69) is 40.6 Å². The summed E-state index contributed by atoms with van der Waals surface area (Å²) in [5.74, 6) is 1.92. The van der Waals surface area contributed by atoms with Gasteiger partial charge in [0.15, 0.2) is 5.75 Å². The van der Waals surface area contributed by atoms with Gasteiger partial charge < -0.3 is 33.9 Å². The molecule has 1 N–H and O–H groups in total. The number of ether oxygens (including phenoxy) is 4. The van der Waals surface area contributed by atoms with Crippen LogP contribution in [-0.4, -0.2) is 87.2 Å². The monoisotopic (exact) mass is 575 g/mol. The second kappa shape index (κ2) is 15.3. The van der Waals surface area contributed by atoms with E-state index in [9.17, 15) is 4.79 Å². The third kappa shape index (κ3) is 8.05. The topological polar surface area (TPSA) is 93.6 Å². The number of piperidine rings is 1. The van der Waals surface area contributed by atoms with Crippen LogP contribution in [0, 0.1) is 18.8 Å². The van der Waals surface area contributed by atoms with Gasteiger partial charge in [-0.15, -0.1) is 12.8 Å². The fourth-order valence-electron chi connectivity index (χ4n) is 5.57. The van der Waals surface area contributed by atoms with Gasteiger partial charge in [-0.1, -0.05) is 11.6 Å². The summed E-state index contributed by atoms with van der Waals surface area (Å²) in [4.78, 5) is 20.8. The van der Waals surface area contributed by atoms with Crippen molar-refractivity contribution in [3.63, 3.8) is 0 Å². The number of hydrogen-bond acceptors (Lipinski definition) is 8. The lowest BCUT2D eigenvalue weighted by atomic mass is 9.95. The van der Waals surface area contributed by atoms with Crippen LogP contribution in [-0.2, 0) is 14.3 Å². The van der Waals surface area contributed by atoms with Crippen LogP contribution in [0.3, 0.4) is 0 Å². The van der Waals surface area contributed by atoms with Crippen molar-refractivity contribution in [1.29, 1.82) is 0 Å². The maximum Gasteiger partial charge on any atom is 0.328 e. The number of methoxy groups -OCH3 is 1. The second-order valence-corrected chi connectivity index (χ2v) is 10.6. The van der Waals surface area contributed by atoms with Crippen molar-refractivity contribution in [1.82, 2.24) is 9.88 Å². The molecule has 3 aliphatic rings. The number of carboxylic acid groups (broad SMARTS) is 1. The number of anilines is 1. The van der Waals surface area contributed by atoms with Crippen LogP contribution in [0.5, 0.6) is 11.5 Å². The fourth-order valence-corrected chi connectivity index (χ4v) is 5.57. The summed E-state index contributed by atoms with van der Waals surface area (Å²) in [5, 5.41) is 10.1. The molecular formula is C33H41N3O6. The Morgan fingerprint density at radius 2 is 1.98 bits per heavy atom. The summed E-state index contributed by atoms with van der Waals surface area (Å²) < 4.78 is 22.6. The van der Waals surface area contributed by atoms with Crippen LogP contribution < -0.4 is 14.4 Å². The Hall–Kier alpha value is -4.00. The summed E-state index contributed by atoms with van der Waals surface area (Å²) >= 11 is 0. The zero-order valence-electron chi connectivity index (χ0n) is 24.6. The molecule has 4 heterocycles. The zero-order valence-corrected chi connectivity index (χ0v) is 24.6. The number of hydrogen-bond donors (Lipinski definition) is 1. The number of pyridine rings is 1. The fraction of sp³-hybridized carbons (Fsp3) is 0.455. The molecule has 3 aliphatic heterocycles. The van der Waals surface area contributed by atoms with Crippen LogP contribution in [0.1, 0.15) is 31.7 Å². The van der Waals surface area contributed by atoms with E-state index < -0.39 is 5.97 Å². The second-order valence-electron chi connectivity index (χ2n) is 10.6. The molecule has 2 aromatic rings. The van der Waals surface area contributed by atoms with Crippen LogP contribution in [0.2, 0.25) is 0 Å². The van der Waals surface area contributed by atoms with Crippen molar-refractivity contribution in [2.45, 2.75) is 26.2 Å². The highest BCUT2D eigenvalue weighted by Crippen LogP contribution is 2.41. The lowest BCUT2D eigenvalue weighted by molar-refractivity contribution is -0.131. The van der Waals surface area contributed by atoms with Crippen molar-refractivity contribution in [2.75, 3.05) is 71.2 Å². The lowest BCUT2D eigenvalue weighted by Gasteiger charge is -2.38. The third-order valence-corrected chi connectivity index (χ3v) is 7.81. The Kier molecular flexibility index (Phi) is 11.3. The number of benzene rings is 1. The Morgan fingerprint density at radius 3 is 2.69 bits per heavy atom. The Bertz CT molecular complexity index is 1330. The van der Waals surface area contributed by atoms with Gasteiger partial charge in [0.2, 0.25) is 0 Å². The largest absolute Gasteiger partial charge is 0.497 e. The molecule has 5 rings (SSSR count). The van der Waals surface area contributed by atoms with Crippen LogP contribution in [0.15, 0.2) is 47.9 Å². The molecule has 2 fully saturated rings. The standard InChI is InChI=1S/C31H39N3O6.C2H2/c1-22(3-5-25-21-38-15-16-39-25)7-10-33-11-8-23(9-12-33)20-34-13-14-40-28-19-32-30-24(4-6-29(35)36)17-26(37-2)18-27(30)31(28)34;1-2/h3-6,17-19,23H,7-16,20-21H2,1-2H3,(H,35,36);1-2H/b6-4+,22-3+,25-5+;. The molecule has 0 amide bonds. The lowest BCUT2D eigenvalue weighted by Crippen LogP contribution is -2.41. The number of carboxylic acids is 1. The van der Waals surface area contributed by atoms with Crippen molar-refractivity contribution < 1.29 is 28.8 Å². The number of nitrogens with zero attached hydrogens (tertiary/aromatic N) is 3. The molecule has 0 atom stereocenters. The Balaban J connectivity index is 0.00000198. The quantitative estimate of drug-likeness (QED) is 0.335. The van der Waals surface area contributed by atoms with E-state index in [1.165, 1.54) is 5.57 Å². The number of aliphatic carboxylic acids is 1. The molecule has 0 aliphatic carbocycles. The van der Waals surface area contributed by atoms with Crippen molar-refractivity contribution in [3.8, 4) is 24.3 Å². The van der Waals surface area contributed by atoms with E-state index in [0.29, 0.717) is 43.7 Å². The number of fused-ring (bicyclic) bond motifs is 3. The molecule has 9 nitrogen and oxygen atoms in total. The summed E-state index contributed by atoms with van der Waals surface area (Å²) in [6, 6.07) is 3.79. The molecule has 2 saturated heterocycles. The van der Waals surface area contributed by atoms with E-state index in [1.54, 1.807) is 19.4 Å². The van der Waals surface area contributed by atoms with Gasteiger partial charge in [-0.25, -0.2) is 4.79 Å². The van der Waals surface area contributed by atoms with E-state index >= 15 is 0 Å². The van der Waals surface area contributed by atoms with Gasteiger partial charge in [0.25, 0.3) is 0 Å². The molecule has 0 radical (unpaired) electrons. The van der Waals surface area contributed by atoms with Crippen LogP contribution >= 0.6 is 0 Å². The van der Waals surface area contributed by atoms with Gasteiger partial charge in [-0.05, 0) is 69.5 Å². The van der Waals surface area contributed by atoms with E-state index in [-0.39, 0.29) is 0 Å². The Labute approximate surface area is 248 Å². The normalized spacial score (nSPS) is 19.1. The highest BCUT2D eigenvalue weighted by atomic mass is 16.6. The zero-order chi connectivity index (χ0) is 29.9. The van der Waals surface area contributed by atoms with Gasteiger partial charge in [-0.3, -0.25) is 4.98 Å². The third-order valence-electron chi connectivity index (χ3n) is 7.81. The maximum absolute atomic E-state index is 11.2. The molecule has 0 bridgehead atoms. The van der Waals surface area contributed by atoms with Crippen LogP contribution in [0.25, 0.3) is 17.0 Å². The minimum Gasteiger partial charge on any atom is -0.497 e. The first-order chi connectivity index (χ1) is 20.5. The summed E-state index contributed by atoms with van der Waals surface area (Å²) in [6.45, 7) is 9.69. The van der Waals surface area contributed by atoms with Crippen molar-refractivity contribution in [3.05, 3.63) is 53.5 Å². The summed E-state index contributed by atoms with van der Waals surface area (Å²) in [5.41, 5.74) is 3.81. The number of likely N-dealkylation sites (tertiary alicyclic amines) is 1. The molecule has 9 heteroatoms. The van der Waals surface area contributed by atoms with Crippen LogP contribution in [0.4, 0.5) is 5.69 Å². The molecule has 42 heavy (non-hydrogen) atoms. The molecule has 224 valence electrons. The first-order valence-electron chi connectivity index (χ1n) is 14.4. The van der Waals surface area contributed by atoms with E-state index in [1.807, 2.05) is 18.2 Å². The average Bonchev–Trinajstić information content (AvgIpc) is 3.03. The van der Waals surface area contributed by atoms with Crippen molar-refractivity contribution in [2.24, 2.45) is 5.92 Å². The molecule has 1 aromatic carbocycles. The number of allylic oxidation sites excluding steroid dienone is 2. The van der Waals surface area contributed by atoms with Gasteiger partial charge >= 0.3 is 5.97 Å². The first kappa shape index (κ1) is 30.9. The highest BCUT2D eigenvalue weighted by Gasteiger charge is 2.27. The maximum atomic E-state index is 11.2. The number of carbonyl (C=O) groups is 1. The average molecular weight is 576 g/mol. The smallest absolute Gasteiger partial charge is 0.328 e. The molecular weight excluding hydrogens is 534 g/mol. The minimum absolute atomic E-state index is 0.563. The molecule has 1 aromatic heterocycles. The summed E-state index contributed by atoms with van der Waals surface area (Å²) in [6.07, 6.45) is 20.0. The molecule has 0 spiro atoms. The van der Waals surface area contributed by atoms with Crippen molar-refractivity contribution >= 4 is 28.6 Å². The number of terminal acetylenes is 1. The van der Waals surface area contributed by atoms with E-state index in [4.69, 9.17) is 24.1 Å². The predicted octanol–water partition coefficient (Wildman–Crippen LogP) is 4.77. The molecule has 0 unspecified atom stereocenters. The van der Waals surface area contributed by atoms with Gasteiger partial charge in [-0.2, -0.15) is 0 Å². The Morgan fingerprint density at radius 1 is 1.17 bits per heavy atom. The highest BCUT2D eigenvalue weighted by molar-refractivity contribution is 6.01. The number of aromatic nitrogens is 1. The van der Waals surface area contributed by atoms with Gasteiger partial charge in [0, 0.05) is 30.1 Å². The van der Waals surface area contributed by atoms with E-state index in [0.717, 1.165) is 86.2 Å². The predicted molar refractivity (Wildman–Crippen MR) is 165 cm³/mol. The first-order valence-corrected chi connectivity index (χ1v) is 14.4. The van der Waals surface area contributed by atoms with Gasteiger partial charge in [0.05, 0.1) is 37.7 Å². The number of rotatable bonds is 9. The minimum atomic E-state index is -1.00. The van der Waals surface area contributed by atoms with Gasteiger partial charge in [0.1, 0.15) is 31.3 Å². The molecule has 0 saturated carbocycles. The SMILES string of the molecule is C#C.COc1cc(/C=C/C(=O)O)c2ncc3c(c2c1)N(CC1CCN(CC/C(C)=C/C=C2\COCCO2)CC1)CCO3. The summed E-state index contributed by atoms with van der Waals surface area (Å²) in [7, 11) is 1.62.